The van der Waals surface area contributed by atoms with Gasteiger partial charge in [-0.25, -0.2) is 4.98 Å². The smallest absolute Gasteiger partial charge is 0.274 e. The van der Waals surface area contributed by atoms with E-state index in [0.29, 0.717) is 12.4 Å². The van der Waals surface area contributed by atoms with Gasteiger partial charge in [-0.05, 0) is 11.5 Å². The van der Waals surface area contributed by atoms with Gasteiger partial charge in [0.25, 0.3) is 11.8 Å². The second kappa shape index (κ2) is 7.01. The Labute approximate surface area is 173 Å². The van der Waals surface area contributed by atoms with E-state index in [1.165, 1.54) is 15.9 Å². The summed E-state index contributed by atoms with van der Waals surface area (Å²) in [6.07, 6.45) is 4.65. The number of hydrogen-bond acceptors (Lipinski definition) is 6. The summed E-state index contributed by atoms with van der Waals surface area (Å²) in [4.78, 5) is 37.7. The van der Waals surface area contributed by atoms with Crippen LogP contribution in [0.1, 0.15) is 34.6 Å². The van der Waals surface area contributed by atoms with Crippen molar-refractivity contribution in [3.8, 4) is 0 Å². The Balaban J connectivity index is 1.35. The average Bonchev–Trinajstić information content (AvgIpc) is 3.21. The van der Waals surface area contributed by atoms with E-state index >= 15 is 0 Å². The topological polar surface area (TPSA) is 106 Å². The van der Waals surface area contributed by atoms with Crippen LogP contribution in [0, 0.1) is 11.8 Å². The van der Waals surface area contributed by atoms with E-state index in [1.54, 1.807) is 19.4 Å². The van der Waals surface area contributed by atoms with Crippen LogP contribution in [0.4, 0.5) is 5.82 Å². The van der Waals surface area contributed by atoms with Gasteiger partial charge in [0.05, 0.1) is 18.4 Å². The molecule has 5 rings (SSSR count). The lowest BCUT2D eigenvalue weighted by atomic mass is 10.1. The molecule has 2 aromatic heterocycles. The number of carbonyl (C=O) groups is 2. The van der Waals surface area contributed by atoms with Crippen molar-refractivity contribution in [1.29, 1.82) is 0 Å². The number of fused-ring (bicyclic) bond motifs is 3. The van der Waals surface area contributed by atoms with Crippen molar-refractivity contribution in [1.82, 2.24) is 30.3 Å². The van der Waals surface area contributed by atoms with Gasteiger partial charge in [0.2, 0.25) is 0 Å². The van der Waals surface area contributed by atoms with Crippen LogP contribution in [0.3, 0.4) is 0 Å². The Morgan fingerprint density at radius 1 is 1.17 bits per heavy atom. The van der Waals surface area contributed by atoms with Crippen LogP contribution in [0.2, 0.25) is 0 Å². The molecule has 0 bridgehead atoms. The quantitative estimate of drug-likeness (QED) is 0.703. The van der Waals surface area contributed by atoms with Gasteiger partial charge in [-0.1, -0.05) is 37.3 Å². The summed E-state index contributed by atoms with van der Waals surface area (Å²) in [5, 5.41) is 11.4. The molecule has 9 heteroatoms. The molecule has 1 aliphatic carbocycles. The molecule has 4 atom stereocenters. The molecule has 1 N–H and O–H groups in total. The van der Waals surface area contributed by atoms with Crippen molar-refractivity contribution >= 4 is 17.6 Å². The largest absolute Gasteiger partial charge is 0.338 e. The highest BCUT2D eigenvalue weighted by molar-refractivity contribution is 6.02. The first kappa shape index (κ1) is 18.4. The third-order valence-electron chi connectivity index (χ3n) is 5.99. The highest BCUT2D eigenvalue weighted by atomic mass is 16.2. The van der Waals surface area contributed by atoms with Crippen LogP contribution in [0.25, 0.3) is 0 Å². The molecule has 2 amide bonds. The van der Waals surface area contributed by atoms with Gasteiger partial charge >= 0.3 is 0 Å². The van der Waals surface area contributed by atoms with Crippen molar-refractivity contribution in [2.24, 2.45) is 11.8 Å². The van der Waals surface area contributed by atoms with Crippen LogP contribution in [-0.4, -0.2) is 49.9 Å². The molecule has 1 aliphatic heterocycles. The number of amides is 2. The first-order valence-electron chi connectivity index (χ1n) is 9.88. The summed E-state index contributed by atoms with van der Waals surface area (Å²) in [5.74, 6) is 0.275. The fourth-order valence-corrected chi connectivity index (χ4v) is 4.35. The molecule has 0 spiro atoms. The molecule has 0 unspecified atom stereocenters. The molecule has 1 aromatic carbocycles. The average molecular weight is 403 g/mol. The summed E-state index contributed by atoms with van der Waals surface area (Å²) in [7, 11) is 1.67. The third-order valence-corrected chi connectivity index (χ3v) is 5.99. The summed E-state index contributed by atoms with van der Waals surface area (Å²) in [6, 6.07) is 9.10. The Kier molecular flexibility index (Phi) is 4.30. The van der Waals surface area contributed by atoms with E-state index in [9.17, 15) is 9.59 Å². The number of benzene rings is 1. The number of carbonyl (C=O) groups excluding carboxylic acids is 2. The fourth-order valence-electron chi connectivity index (χ4n) is 4.35. The molecule has 152 valence electrons. The van der Waals surface area contributed by atoms with Crippen LogP contribution in [0.5, 0.6) is 0 Å². The highest BCUT2D eigenvalue weighted by Gasteiger charge is 2.59. The first-order valence-corrected chi connectivity index (χ1v) is 9.88. The minimum absolute atomic E-state index is 0.0128. The molecular formula is C21H21N7O2. The fraction of sp³-hybridized carbons (Fsp3) is 0.333. The lowest BCUT2D eigenvalue weighted by molar-refractivity contribution is -0.120. The molecule has 2 aliphatic rings. The monoisotopic (exact) mass is 403 g/mol. The van der Waals surface area contributed by atoms with Gasteiger partial charge in [-0.2, -0.15) is 9.90 Å². The van der Waals surface area contributed by atoms with E-state index in [1.807, 2.05) is 30.3 Å². The second-order valence-corrected chi connectivity index (χ2v) is 7.82. The Bertz CT molecular complexity index is 1110. The van der Waals surface area contributed by atoms with Crippen molar-refractivity contribution in [2.75, 3.05) is 11.9 Å². The lowest BCUT2D eigenvalue weighted by Gasteiger charge is -2.22. The van der Waals surface area contributed by atoms with Crippen LogP contribution in [0.15, 0.2) is 48.9 Å². The molecular weight excluding hydrogens is 382 g/mol. The van der Waals surface area contributed by atoms with E-state index in [0.717, 1.165) is 11.3 Å². The number of hydrogen-bond donors (Lipinski definition) is 1. The van der Waals surface area contributed by atoms with Crippen molar-refractivity contribution in [3.63, 3.8) is 0 Å². The van der Waals surface area contributed by atoms with Crippen LogP contribution < -0.4 is 10.2 Å². The molecule has 30 heavy (non-hydrogen) atoms. The molecule has 3 aromatic rings. The number of nitrogens with one attached hydrogen (secondary N) is 1. The zero-order valence-electron chi connectivity index (χ0n) is 16.6. The Morgan fingerprint density at radius 3 is 2.73 bits per heavy atom. The Hall–Kier alpha value is -3.62. The standard InChI is InChI=1S/C21H21N7O2/c1-12-15-16(12)18(21(30)27(2)19-17(15)22-8-9-23-19)25-20(29)14-10-24-28(26-14)11-13-6-4-3-5-7-13/h3-10,12,15-16,18H,11H2,1-2H3,(H,25,29)/t12-,15+,16-,18-/m0/s1. The summed E-state index contributed by atoms with van der Waals surface area (Å²) in [6.45, 7) is 2.54. The lowest BCUT2D eigenvalue weighted by Crippen LogP contribution is -2.49. The van der Waals surface area contributed by atoms with Crippen LogP contribution in [-0.2, 0) is 11.3 Å². The van der Waals surface area contributed by atoms with Gasteiger partial charge < -0.3 is 5.32 Å². The Morgan fingerprint density at radius 2 is 1.93 bits per heavy atom. The minimum atomic E-state index is -0.655. The summed E-state index contributed by atoms with van der Waals surface area (Å²) < 4.78 is 0. The van der Waals surface area contributed by atoms with E-state index in [4.69, 9.17) is 0 Å². The van der Waals surface area contributed by atoms with Gasteiger partial charge in [0.1, 0.15) is 6.04 Å². The van der Waals surface area contributed by atoms with Gasteiger partial charge in [-0.3, -0.25) is 19.5 Å². The molecule has 0 radical (unpaired) electrons. The first-order chi connectivity index (χ1) is 14.5. The van der Waals surface area contributed by atoms with E-state index in [-0.39, 0.29) is 29.4 Å². The molecule has 9 nitrogen and oxygen atoms in total. The molecule has 0 saturated heterocycles. The maximum absolute atomic E-state index is 13.1. The zero-order valence-corrected chi connectivity index (χ0v) is 16.6. The molecule has 3 heterocycles. The number of aromatic nitrogens is 5. The SMILES string of the molecule is C[C@H]1[C@H]2c3nccnc3N(C)C(=O)[C@@H](NC(=O)c3cnn(Cc4ccccc4)n3)[C@@H]12. The summed E-state index contributed by atoms with van der Waals surface area (Å²) >= 11 is 0. The minimum Gasteiger partial charge on any atom is -0.338 e. The number of likely N-dealkylation sites (N-methyl/N-ethyl adjacent to an activating group) is 1. The predicted molar refractivity (Wildman–Crippen MR) is 108 cm³/mol. The number of rotatable bonds is 4. The van der Waals surface area contributed by atoms with E-state index < -0.39 is 11.9 Å². The maximum Gasteiger partial charge on any atom is 0.274 e. The third kappa shape index (κ3) is 3.02. The highest BCUT2D eigenvalue weighted by Crippen LogP contribution is 2.58. The van der Waals surface area contributed by atoms with Crippen molar-refractivity contribution in [3.05, 3.63) is 65.9 Å². The number of anilines is 1. The van der Waals surface area contributed by atoms with E-state index in [2.05, 4.69) is 32.4 Å². The van der Waals surface area contributed by atoms with Gasteiger partial charge in [0, 0.05) is 31.3 Å². The molecule has 1 saturated carbocycles. The number of nitrogens with zero attached hydrogens (tertiary/aromatic N) is 6. The van der Waals surface area contributed by atoms with Crippen molar-refractivity contribution in [2.45, 2.75) is 25.4 Å². The van der Waals surface area contributed by atoms with Gasteiger partial charge in [0.15, 0.2) is 11.5 Å². The maximum atomic E-state index is 13.1. The molecule has 1 fully saturated rings. The second-order valence-electron chi connectivity index (χ2n) is 7.82. The summed E-state index contributed by atoms with van der Waals surface area (Å²) in [5.41, 5.74) is 2.04. The van der Waals surface area contributed by atoms with Gasteiger partial charge in [-0.15, -0.1) is 5.10 Å². The van der Waals surface area contributed by atoms with Crippen LogP contribution >= 0.6 is 0 Å². The predicted octanol–water partition coefficient (Wildman–Crippen LogP) is 1.24. The zero-order chi connectivity index (χ0) is 20.8. The normalized spacial score (nSPS) is 24.6. The van der Waals surface area contributed by atoms with Crippen molar-refractivity contribution < 1.29 is 9.59 Å².